The van der Waals surface area contributed by atoms with Gasteiger partial charge in [0.05, 0.1) is 0 Å². The van der Waals surface area contributed by atoms with Gasteiger partial charge in [-0.15, -0.1) is 0 Å². The minimum Gasteiger partial charge on any atom is -0.504 e. The van der Waals surface area contributed by atoms with Gasteiger partial charge in [-0.3, -0.25) is 0 Å². The highest BCUT2D eigenvalue weighted by Crippen LogP contribution is 2.24. The summed E-state index contributed by atoms with van der Waals surface area (Å²) < 4.78 is 0. The fraction of sp³-hybridized carbons (Fsp3) is 0.400. The summed E-state index contributed by atoms with van der Waals surface area (Å²) in [4.78, 5) is 0. The standard InChI is InChI=1S/C10H16N2O2/c11-4-1-5-12-7-8-2-3-9(13)10(14)6-8/h2-3,6,12-14H,1,4-5,7,11H2. The average Bonchev–Trinajstić information content (AvgIpc) is 2.18. The Hall–Kier alpha value is -1.26. The van der Waals surface area contributed by atoms with Crippen molar-refractivity contribution >= 4 is 0 Å². The van der Waals surface area contributed by atoms with Gasteiger partial charge in [0, 0.05) is 6.54 Å². The van der Waals surface area contributed by atoms with Crippen LogP contribution in [0.3, 0.4) is 0 Å². The van der Waals surface area contributed by atoms with Crippen LogP contribution in [0, 0.1) is 0 Å². The van der Waals surface area contributed by atoms with Crippen molar-refractivity contribution in [2.45, 2.75) is 13.0 Å². The molecule has 14 heavy (non-hydrogen) atoms. The maximum Gasteiger partial charge on any atom is 0.157 e. The molecule has 0 radical (unpaired) electrons. The first-order valence-electron chi connectivity index (χ1n) is 4.65. The molecule has 0 heterocycles. The highest BCUT2D eigenvalue weighted by molar-refractivity contribution is 5.40. The molecular weight excluding hydrogens is 180 g/mol. The van der Waals surface area contributed by atoms with Crippen molar-refractivity contribution in [3.8, 4) is 11.5 Å². The number of phenols is 2. The Balaban J connectivity index is 2.39. The van der Waals surface area contributed by atoms with Crippen LogP contribution in [-0.4, -0.2) is 23.3 Å². The fourth-order valence-electron chi connectivity index (χ4n) is 1.14. The highest BCUT2D eigenvalue weighted by Gasteiger charge is 1.99. The van der Waals surface area contributed by atoms with E-state index in [1.54, 1.807) is 12.1 Å². The highest BCUT2D eigenvalue weighted by atomic mass is 16.3. The van der Waals surface area contributed by atoms with Gasteiger partial charge in [0.1, 0.15) is 0 Å². The molecule has 0 amide bonds. The number of aromatic hydroxyl groups is 2. The van der Waals surface area contributed by atoms with Crippen molar-refractivity contribution < 1.29 is 10.2 Å². The van der Waals surface area contributed by atoms with Gasteiger partial charge in [-0.1, -0.05) is 6.07 Å². The number of hydrogen-bond acceptors (Lipinski definition) is 4. The first-order chi connectivity index (χ1) is 6.74. The van der Waals surface area contributed by atoms with Crippen LogP contribution in [0.1, 0.15) is 12.0 Å². The fourth-order valence-corrected chi connectivity index (χ4v) is 1.14. The topological polar surface area (TPSA) is 78.5 Å². The van der Waals surface area contributed by atoms with Crippen LogP contribution in [0.2, 0.25) is 0 Å². The molecule has 0 unspecified atom stereocenters. The number of nitrogens with two attached hydrogens (primary N) is 1. The second kappa shape index (κ2) is 5.47. The number of nitrogens with one attached hydrogen (secondary N) is 1. The molecule has 0 aliphatic carbocycles. The van der Waals surface area contributed by atoms with Gasteiger partial charge in [0.2, 0.25) is 0 Å². The van der Waals surface area contributed by atoms with E-state index in [2.05, 4.69) is 5.32 Å². The lowest BCUT2D eigenvalue weighted by Gasteiger charge is -2.05. The monoisotopic (exact) mass is 196 g/mol. The summed E-state index contributed by atoms with van der Waals surface area (Å²) in [6.45, 7) is 2.21. The van der Waals surface area contributed by atoms with E-state index in [0.29, 0.717) is 13.1 Å². The van der Waals surface area contributed by atoms with Gasteiger partial charge in [-0.05, 0) is 37.2 Å². The molecule has 4 nitrogen and oxygen atoms in total. The van der Waals surface area contributed by atoms with E-state index < -0.39 is 0 Å². The third kappa shape index (κ3) is 3.24. The molecule has 0 bridgehead atoms. The SMILES string of the molecule is NCCCNCc1ccc(O)c(O)c1. The van der Waals surface area contributed by atoms with E-state index in [4.69, 9.17) is 10.8 Å². The van der Waals surface area contributed by atoms with Gasteiger partial charge in [0.15, 0.2) is 11.5 Å². The number of benzene rings is 1. The molecule has 0 saturated carbocycles. The summed E-state index contributed by atoms with van der Waals surface area (Å²) >= 11 is 0. The zero-order valence-electron chi connectivity index (χ0n) is 8.03. The molecular formula is C10H16N2O2. The minimum atomic E-state index is -0.0873. The molecule has 0 atom stereocenters. The lowest BCUT2D eigenvalue weighted by atomic mass is 10.2. The van der Waals surface area contributed by atoms with Gasteiger partial charge < -0.3 is 21.3 Å². The smallest absolute Gasteiger partial charge is 0.157 e. The van der Waals surface area contributed by atoms with E-state index in [-0.39, 0.29) is 11.5 Å². The molecule has 1 aromatic carbocycles. The summed E-state index contributed by atoms with van der Waals surface area (Å²) in [7, 11) is 0. The normalized spacial score (nSPS) is 10.4. The molecule has 0 aliphatic rings. The van der Waals surface area contributed by atoms with Crippen LogP contribution in [0.15, 0.2) is 18.2 Å². The maximum absolute atomic E-state index is 9.21. The molecule has 1 aromatic rings. The van der Waals surface area contributed by atoms with Crippen LogP contribution < -0.4 is 11.1 Å². The first-order valence-corrected chi connectivity index (χ1v) is 4.65. The Morgan fingerprint density at radius 1 is 1.21 bits per heavy atom. The first kappa shape index (κ1) is 10.8. The Labute approximate surface area is 83.4 Å². The molecule has 4 heteroatoms. The predicted molar refractivity (Wildman–Crippen MR) is 55.1 cm³/mol. The third-order valence-corrected chi connectivity index (χ3v) is 1.93. The summed E-state index contributed by atoms with van der Waals surface area (Å²) in [5.41, 5.74) is 6.28. The van der Waals surface area contributed by atoms with E-state index in [1.165, 1.54) is 6.07 Å². The molecule has 0 fully saturated rings. The average molecular weight is 196 g/mol. The van der Waals surface area contributed by atoms with Crippen LogP contribution in [-0.2, 0) is 6.54 Å². The summed E-state index contributed by atoms with van der Waals surface area (Å²) in [5.74, 6) is -0.168. The van der Waals surface area contributed by atoms with Crippen molar-refractivity contribution in [3.05, 3.63) is 23.8 Å². The maximum atomic E-state index is 9.21. The number of hydrogen-bond donors (Lipinski definition) is 4. The van der Waals surface area contributed by atoms with E-state index in [1.807, 2.05) is 0 Å². The Morgan fingerprint density at radius 2 is 2.00 bits per heavy atom. The molecule has 5 N–H and O–H groups in total. The summed E-state index contributed by atoms with van der Waals surface area (Å²) in [6, 6.07) is 4.80. The van der Waals surface area contributed by atoms with Crippen LogP contribution in [0.5, 0.6) is 11.5 Å². The number of phenolic OH excluding ortho intramolecular Hbond substituents is 2. The van der Waals surface area contributed by atoms with Crippen LogP contribution >= 0.6 is 0 Å². The van der Waals surface area contributed by atoms with E-state index in [9.17, 15) is 5.11 Å². The quantitative estimate of drug-likeness (QED) is 0.409. The van der Waals surface area contributed by atoms with Crippen molar-refractivity contribution in [1.82, 2.24) is 5.32 Å². The molecule has 0 aliphatic heterocycles. The van der Waals surface area contributed by atoms with Gasteiger partial charge in [-0.2, -0.15) is 0 Å². The molecule has 0 spiro atoms. The van der Waals surface area contributed by atoms with E-state index >= 15 is 0 Å². The predicted octanol–water partition coefficient (Wildman–Crippen LogP) is 0.536. The van der Waals surface area contributed by atoms with Gasteiger partial charge >= 0.3 is 0 Å². The van der Waals surface area contributed by atoms with Gasteiger partial charge in [-0.25, -0.2) is 0 Å². The third-order valence-electron chi connectivity index (χ3n) is 1.93. The van der Waals surface area contributed by atoms with Crippen molar-refractivity contribution in [2.24, 2.45) is 5.73 Å². The second-order valence-corrected chi connectivity index (χ2v) is 3.14. The van der Waals surface area contributed by atoms with Crippen LogP contribution in [0.25, 0.3) is 0 Å². The Morgan fingerprint density at radius 3 is 2.64 bits per heavy atom. The lowest BCUT2D eigenvalue weighted by molar-refractivity contribution is 0.403. The van der Waals surface area contributed by atoms with Crippen molar-refractivity contribution in [2.75, 3.05) is 13.1 Å². The molecule has 0 aromatic heterocycles. The number of rotatable bonds is 5. The molecule has 78 valence electrons. The minimum absolute atomic E-state index is 0.0804. The zero-order valence-corrected chi connectivity index (χ0v) is 8.03. The zero-order chi connectivity index (χ0) is 10.4. The summed E-state index contributed by atoms with van der Waals surface area (Å²) in [6.07, 6.45) is 0.935. The van der Waals surface area contributed by atoms with Crippen molar-refractivity contribution in [3.63, 3.8) is 0 Å². The molecule has 0 saturated heterocycles. The van der Waals surface area contributed by atoms with Crippen molar-refractivity contribution in [1.29, 1.82) is 0 Å². The van der Waals surface area contributed by atoms with E-state index in [0.717, 1.165) is 18.5 Å². The Kier molecular flexibility index (Phi) is 4.22. The second-order valence-electron chi connectivity index (χ2n) is 3.14. The Bertz CT molecular complexity index is 289. The largest absolute Gasteiger partial charge is 0.504 e. The lowest BCUT2D eigenvalue weighted by Crippen LogP contribution is -2.17. The van der Waals surface area contributed by atoms with Gasteiger partial charge in [0.25, 0.3) is 0 Å². The van der Waals surface area contributed by atoms with Crippen LogP contribution in [0.4, 0.5) is 0 Å². The summed E-state index contributed by atoms with van der Waals surface area (Å²) in [5, 5.41) is 21.4. The molecule has 1 rings (SSSR count).